The summed E-state index contributed by atoms with van der Waals surface area (Å²) < 4.78 is 2.91. The lowest BCUT2D eigenvalue weighted by Gasteiger charge is -2.34. The number of nitrogens with zero attached hydrogens (tertiary/aromatic N) is 3. The molecule has 0 aliphatic carbocycles. The Morgan fingerprint density at radius 3 is 2.48 bits per heavy atom. The topological polar surface area (TPSA) is 57.6 Å². The molecule has 128 valence electrons. The Kier molecular flexibility index (Phi) is 6.24. The van der Waals surface area contributed by atoms with Gasteiger partial charge in [-0.25, -0.2) is 0 Å². The smallest absolute Gasteiger partial charge is 0.270 e. The number of amides is 2. The van der Waals surface area contributed by atoms with Crippen LogP contribution < -0.4 is 5.32 Å². The van der Waals surface area contributed by atoms with Gasteiger partial charge in [0, 0.05) is 49.4 Å². The van der Waals surface area contributed by atoms with Crippen LogP contribution in [0.5, 0.6) is 0 Å². The number of carbonyl (C=O) groups is 2. The van der Waals surface area contributed by atoms with Crippen LogP contribution in [0.2, 0.25) is 0 Å². The van der Waals surface area contributed by atoms with Crippen molar-refractivity contribution in [1.29, 1.82) is 0 Å². The summed E-state index contributed by atoms with van der Waals surface area (Å²) in [5, 5.41) is 2.81. The minimum atomic E-state index is 0.0462. The fourth-order valence-electron chi connectivity index (χ4n) is 2.77. The summed E-state index contributed by atoms with van der Waals surface area (Å²) in [6.45, 7) is 9.86. The van der Waals surface area contributed by atoms with Crippen molar-refractivity contribution < 1.29 is 9.59 Å². The molecule has 1 N–H and O–H groups in total. The van der Waals surface area contributed by atoms with E-state index in [2.05, 4.69) is 40.0 Å². The lowest BCUT2D eigenvalue weighted by Crippen LogP contribution is -2.51. The normalized spacial score (nSPS) is 16.0. The van der Waals surface area contributed by atoms with E-state index in [1.165, 1.54) is 0 Å². The maximum absolute atomic E-state index is 12.8. The molecule has 2 heterocycles. The highest BCUT2D eigenvalue weighted by Crippen LogP contribution is 2.21. The van der Waals surface area contributed by atoms with Gasteiger partial charge in [0.15, 0.2) is 0 Å². The predicted molar refractivity (Wildman–Crippen MR) is 93.5 cm³/mol. The van der Waals surface area contributed by atoms with E-state index >= 15 is 0 Å². The van der Waals surface area contributed by atoms with Crippen LogP contribution in [0.3, 0.4) is 0 Å². The van der Waals surface area contributed by atoms with Crippen LogP contribution >= 0.6 is 15.9 Å². The van der Waals surface area contributed by atoms with Crippen molar-refractivity contribution in [3.05, 3.63) is 22.4 Å². The van der Waals surface area contributed by atoms with Crippen molar-refractivity contribution in [1.82, 2.24) is 19.7 Å². The lowest BCUT2D eigenvalue weighted by molar-refractivity contribution is -0.122. The largest absolute Gasteiger partial charge is 0.355 e. The average Bonchev–Trinajstić information content (AvgIpc) is 2.90. The van der Waals surface area contributed by atoms with Crippen molar-refractivity contribution in [2.24, 2.45) is 0 Å². The van der Waals surface area contributed by atoms with Gasteiger partial charge in [0.1, 0.15) is 5.69 Å². The molecule has 1 aromatic rings. The molecule has 0 radical (unpaired) electrons. The Hall–Kier alpha value is -1.34. The van der Waals surface area contributed by atoms with E-state index in [4.69, 9.17) is 0 Å². The molecule has 1 aromatic heterocycles. The molecule has 7 heteroatoms. The summed E-state index contributed by atoms with van der Waals surface area (Å²) in [7, 11) is 0. The molecule has 2 rings (SSSR count). The number of hydrogen-bond donors (Lipinski definition) is 1. The molecule has 23 heavy (non-hydrogen) atoms. The van der Waals surface area contributed by atoms with Crippen LogP contribution in [0.4, 0.5) is 0 Å². The molecular formula is C16H25BrN4O2. The van der Waals surface area contributed by atoms with Gasteiger partial charge >= 0.3 is 0 Å². The number of hydrogen-bond acceptors (Lipinski definition) is 3. The van der Waals surface area contributed by atoms with Crippen molar-refractivity contribution >= 4 is 27.7 Å². The van der Waals surface area contributed by atoms with Gasteiger partial charge in [-0.3, -0.25) is 14.5 Å². The minimum Gasteiger partial charge on any atom is -0.355 e. The number of rotatable bonds is 5. The summed E-state index contributed by atoms with van der Waals surface area (Å²) >= 11 is 3.45. The highest BCUT2D eigenvalue weighted by atomic mass is 79.9. The molecule has 1 aliphatic heterocycles. The van der Waals surface area contributed by atoms with Gasteiger partial charge in [0.05, 0.1) is 6.54 Å². The molecule has 1 aliphatic rings. The second-order valence-electron chi connectivity index (χ2n) is 6.07. The number of carbonyl (C=O) groups excluding carboxylic acids is 2. The Morgan fingerprint density at radius 2 is 1.91 bits per heavy atom. The maximum atomic E-state index is 12.8. The van der Waals surface area contributed by atoms with Crippen molar-refractivity contribution in [3.63, 3.8) is 0 Å². The number of likely N-dealkylation sites (N-methyl/N-ethyl adjacent to an activating group) is 1. The Bertz CT molecular complexity index is 562. The third-order valence-corrected chi connectivity index (χ3v) is 4.42. The molecule has 2 amide bonds. The van der Waals surface area contributed by atoms with Gasteiger partial charge in [0.2, 0.25) is 5.91 Å². The van der Waals surface area contributed by atoms with E-state index in [-0.39, 0.29) is 17.9 Å². The molecule has 0 aromatic carbocycles. The van der Waals surface area contributed by atoms with Gasteiger partial charge in [-0.2, -0.15) is 0 Å². The van der Waals surface area contributed by atoms with Crippen molar-refractivity contribution in [2.75, 3.05) is 39.3 Å². The molecule has 6 nitrogen and oxygen atoms in total. The third kappa shape index (κ3) is 4.57. The van der Waals surface area contributed by atoms with Crippen LogP contribution in [0.1, 0.15) is 37.3 Å². The van der Waals surface area contributed by atoms with Crippen LogP contribution in [-0.2, 0) is 4.79 Å². The molecular weight excluding hydrogens is 360 g/mol. The zero-order valence-corrected chi connectivity index (χ0v) is 15.6. The summed E-state index contributed by atoms with van der Waals surface area (Å²) in [4.78, 5) is 28.3. The monoisotopic (exact) mass is 384 g/mol. The second-order valence-corrected chi connectivity index (χ2v) is 6.98. The van der Waals surface area contributed by atoms with Crippen molar-refractivity contribution in [3.8, 4) is 0 Å². The molecule has 0 unspecified atom stereocenters. The first kappa shape index (κ1) is 18.0. The Balaban J connectivity index is 1.95. The molecule has 0 bridgehead atoms. The fraction of sp³-hybridized carbons (Fsp3) is 0.625. The Labute approximate surface area is 145 Å². The first-order valence-corrected chi connectivity index (χ1v) is 8.87. The zero-order chi connectivity index (χ0) is 17.0. The molecule has 0 atom stereocenters. The lowest BCUT2D eigenvalue weighted by atomic mass is 10.2. The average molecular weight is 385 g/mol. The number of aromatic nitrogens is 1. The van der Waals surface area contributed by atoms with Gasteiger partial charge in [-0.05, 0) is 42.8 Å². The van der Waals surface area contributed by atoms with Crippen LogP contribution in [0.25, 0.3) is 0 Å². The minimum absolute atomic E-state index is 0.0462. The SMILES string of the molecule is CCNC(=O)CN1CCN(C(=O)c2cc(Br)cn2C(C)C)CC1. The maximum Gasteiger partial charge on any atom is 0.270 e. The molecule has 1 saturated heterocycles. The summed E-state index contributed by atoms with van der Waals surface area (Å²) in [5.41, 5.74) is 0.712. The summed E-state index contributed by atoms with van der Waals surface area (Å²) in [6, 6.07) is 2.11. The van der Waals surface area contributed by atoms with Crippen molar-refractivity contribution in [2.45, 2.75) is 26.8 Å². The number of nitrogens with one attached hydrogen (secondary N) is 1. The van der Waals surface area contributed by atoms with Crippen LogP contribution in [0.15, 0.2) is 16.7 Å². The third-order valence-electron chi connectivity index (χ3n) is 3.99. The predicted octanol–water partition coefficient (Wildman–Crippen LogP) is 1.73. The number of halogens is 1. The van der Waals surface area contributed by atoms with E-state index < -0.39 is 0 Å². The van der Waals surface area contributed by atoms with E-state index in [9.17, 15) is 9.59 Å². The molecule has 1 fully saturated rings. The first-order chi connectivity index (χ1) is 10.9. The highest BCUT2D eigenvalue weighted by Gasteiger charge is 2.25. The standard InChI is InChI=1S/C16H25BrN4O2/c1-4-18-15(22)11-19-5-7-20(8-6-19)16(23)14-9-13(17)10-21(14)12(2)3/h9-10,12H,4-8,11H2,1-3H3,(H,18,22). The molecule has 0 spiro atoms. The first-order valence-electron chi connectivity index (χ1n) is 8.08. The highest BCUT2D eigenvalue weighted by molar-refractivity contribution is 9.10. The Morgan fingerprint density at radius 1 is 1.26 bits per heavy atom. The van der Waals surface area contributed by atoms with Crippen LogP contribution in [0, 0.1) is 0 Å². The zero-order valence-electron chi connectivity index (χ0n) is 14.0. The quantitative estimate of drug-likeness (QED) is 0.840. The summed E-state index contributed by atoms with van der Waals surface area (Å²) in [5.74, 6) is 0.104. The van der Waals surface area contributed by atoms with E-state index in [1.54, 1.807) is 0 Å². The van der Waals surface area contributed by atoms with E-state index in [0.29, 0.717) is 31.9 Å². The van der Waals surface area contributed by atoms with Gasteiger partial charge in [0.25, 0.3) is 5.91 Å². The van der Waals surface area contributed by atoms with E-state index in [0.717, 1.165) is 17.6 Å². The van der Waals surface area contributed by atoms with E-state index in [1.807, 2.05) is 28.7 Å². The molecule has 0 saturated carbocycles. The fourth-order valence-corrected chi connectivity index (χ4v) is 3.21. The second kappa shape index (κ2) is 7.97. The van der Waals surface area contributed by atoms with Gasteiger partial charge < -0.3 is 14.8 Å². The van der Waals surface area contributed by atoms with Gasteiger partial charge in [-0.1, -0.05) is 0 Å². The summed E-state index contributed by atoms with van der Waals surface area (Å²) in [6.07, 6.45) is 1.95. The number of piperazine rings is 1. The van der Waals surface area contributed by atoms with Gasteiger partial charge in [-0.15, -0.1) is 0 Å². The van der Waals surface area contributed by atoms with Crippen LogP contribution in [-0.4, -0.2) is 65.4 Å².